The molecule has 2 aliphatic heterocycles. The maximum absolute atomic E-state index is 12.8. The molecule has 7 heteroatoms. The normalized spacial score (nSPS) is 21.0. The fourth-order valence-electron chi connectivity index (χ4n) is 4.75. The first-order chi connectivity index (χ1) is 14.2. The molecule has 2 bridgehead atoms. The molecule has 3 aromatic rings. The maximum atomic E-state index is 12.8. The van der Waals surface area contributed by atoms with Crippen LogP contribution in [0, 0.1) is 5.92 Å². The summed E-state index contributed by atoms with van der Waals surface area (Å²) in [5.74, 6) is 1.30. The van der Waals surface area contributed by atoms with Crippen molar-refractivity contribution >= 4 is 5.82 Å². The lowest BCUT2D eigenvalue weighted by Crippen LogP contribution is -2.47. The molecule has 0 aromatic carbocycles. The second-order valence-electron chi connectivity index (χ2n) is 8.12. The van der Waals surface area contributed by atoms with Gasteiger partial charge in [0.15, 0.2) is 0 Å². The summed E-state index contributed by atoms with van der Waals surface area (Å²) in [6, 6.07) is 9.64. The molecule has 1 saturated heterocycles. The highest BCUT2D eigenvalue weighted by Gasteiger charge is 2.34. The molecule has 0 spiro atoms. The average molecular weight is 388 g/mol. The number of likely N-dealkylation sites (tertiary alicyclic amines) is 1. The molecule has 5 heterocycles. The first-order valence-electron chi connectivity index (χ1n) is 10.1. The largest absolute Gasteiger partial charge is 0.384 e. The Hall–Kier alpha value is -3.06. The highest BCUT2D eigenvalue weighted by Crippen LogP contribution is 2.36. The van der Waals surface area contributed by atoms with Crippen molar-refractivity contribution in [3.63, 3.8) is 0 Å². The second-order valence-corrected chi connectivity index (χ2v) is 8.12. The van der Waals surface area contributed by atoms with Crippen LogP contribution in [0.2, 0.25) is 0 Å². The summed E-state index contributed by atoms with van der Waals surface area (Å²) in [6.45, 7) is 3.84. The summed E-state index contributed by atoms with van der Waals surface area (Å²) >= 11 is 0. The van der Waals surface area contributed by atoms with E-state index in [1.54, 1.807) is 12.1 Å². The molecule has 0 saturated carbocycles. The molecule has 5 rings (SSSR count). The monoisotopic (exact) mass is 388 g/mol. The number of piperidine rings is 1. The first-order valence-corrected chi connectivity index (χ1v) is 10.1. The Morgan fingerprint density at radius 1 is 1.14 bits per heavy atom. The van der Waals surface area contributed by atoms with Crippen molar-refractivity contribution < 1.29 is 0 Å². The van der Waals surface area contributed by atoms with E-state index in [1.165, 1.54) is 11.9 Å². The van der Waals surface area contributed by atoms with Gasteiger partial charge in [0.2, 0.25) is 0 Å². The number of pyridine rings is 2. The van der Waals surface area contributed by atoms with Crippen LogP contribution in [0.3, 0.4) is 0 Å². The average Bonchev–Trinajstić information content (AvgIpc) is 2.73. The van der Waals surface area contributed by atoms with E-state index < -0.39 is 0 Å². The smallest absolute Gasteiger partial charge is 0.251 e. The van der Waals surface area contributed by atoms with E-state index in [9.17, 15) is 4.79 Å². The van der Waals surface area contributed by atoms with Crippen LogP contribution in [0.5, 0.6) is 0 Å². The number of nitrogen functional groups attached to an aromatic ring is 1. The van der Waals surface area contributed by atoms with Crippen LogP contribution in [-0.4, -0.2) is 44.1 Å². The quantitative estimate of drug-likeness (QED) is 0.735. The van der Waals surface area contributed by atoms with Gasteiger partial charge in [0.05, 0.1) is 5.69 Å². The summed E-state index contributed by atoms with van der Waals surface area (Å²) in [5.41, 5.74) is 9.76. The van der Waals surface area contributed by atoms with Crippen molar-refractivity contribution in [3.8, 4) is 11.3 Å². The van der Waals surface area contributed by atoms with Crippen molar-refractivity contribution in [1.82, 2.24) is 24.4 Å². The summed E-state index contributed by atoms with van der Waals surface area (Å²) in [5, 5.41) is 0. The standard InChI is InChI=1S/C22H24N6O/c23-21-9-19(25-14-26-21)17-7-20-18-6-16(12-28(20)22(29)8-17)11-27(13-18)5-3-15-2-1-4-24-10-15/h1-2,4,7-10,14,16,18H,3,5-6,11-13H2,(H2,23,25,26)/t16-,18+/m0/s1. The molecule has 1 fully saturated rings. The number of aromatic nitrogens is 4. The molecule has 29 heavy (non-hydrogen) atoms. The van der Waals surface area contributed by atoms with Gasteiger partial charge in [-0.05, 0) is 36.5 Å². The predicted molar refractivity (Wildman–Crippen MR) is 111 cm³/mol. The van der Waals surface area contributed by atoms with Crippen LogP contribution in [0.15, 0.2) is 53.8 Å². The van der Waals surface area contributed by atoms with Gasteiger partial charge in [0.1, 0.15) is 12.1 Å². The topological polar surface area (TPSA) is 89.9 Å². The van der Waals surface area contributed by atoms with E-state index in [-0.39, 0.29) is 5.56 Å². The third-order valence-corrected chi connectivity index (χ3v) is 6.06. The van der Waals surface area contributed by atoms with Gasteiger partial charge in [-0.1, -0.05) is 6.07 Å². The van der Waals surface area contributed by atoms with E-state index in [4.69, 9.17) is 5.73 Å². The third-order valence-electron chi connectivity index (χ3n) is 6.06. The van der Waals surface area contributed by atoms with Gasteiger partial charge in [0, 0.05) is 67.9 Å². The van der Waals surface area contributed by atoms with Crippen LogP contribution in [0.1, 0.15) is 23.6 Å². The summed E-state index contributed by atoms with van der Waals surface area (Å²) in [6.07, 6.45) is 7.34. The summed E-state index contributed by atoms with van der Waals surface area (Å²) in [7, 11) is 0. The van der Waals surface area contributed by atoms with Crippen LogP contribution >= 0.6 is 0 Å². The number of anilines is 1. The van der Waals surface area contributed by atoms with Crippen LogP contribution < -0.4 is 11.3 Å². The van der Waals surface area contributed by atoms with E-state index in [0.29, 0.717) is 23.3 Å². The van der Waals surface area contributed by atoms with Crippen LogP contribution in [0.4, 0.5) is 5.82 Å². The zero-order valence-electron chi connectivity index (χ0n) is 16.2. The molecule has 2 atom stereocenters. The van der Waals surface area contributed by atoms with Crippen molar-refractivity contribution in [3.05, 3.63) is 70.7 Å². The van der Waals surface area contributed by atoms with E-state index in [0.717, 1.165) is 50.3 Å². The Balaban J connectivity index is 1.40. The van der Waals surface area contributed by atoms with Crippen molar-refractivity contribution in [2.24, 2.45) is 5.92 Å². The number of fused-ring (bicyclic) bond motifs is 4. The van der Waals surface area contributed by atoms with Gasteiger partial charge < -0.3 is 15.2 Å². The molecule has 0 unspecified atom stereocenters. The molecule has 148 valence electrons. The van der Waals surface area contributed by atoms with Crippen molar-refractivity contribution in [1.29, 1.82) is 0 Å². The lowest BCUT2D eigenvalue weighted by molar-refractivity contribution is 0.121. The molecule has 0 amide bonds. The Labute approximate surface area is 169 Å². The second kappa shape index (κ2) is 7.40. The fourth-order valence-corrected chi connectivity index (χ4v) is 4.75. The maximum Gasteiger partial charge on any atom is 0.251 e. The minimum atomic E-state index is 0.0493. The lowest BCUT2D eigenvalue weighted by atomic mass is 9.82. The molecule has 0 aliphatic carbocycles. The zero-order valence-corrected chi connectivity index (χ0v) is 16.2. The molecular weight excluding hydrogens is 364 g/mol. The molecule has 7 nitrogen and oxygen atoms in total. The summed E-state index contributed by atoms with van der Waals surface area (Å²) in [4.78, 5) is 27.8. The number of hydrogen-bond donors (Lipinski definition) is 1. The Kier molecular flexibility index (Phi) is 4.60. The number of nitrogens with zero attached hydrogens (tertiary/aromatic N) is 5. The van der Waals surface area contributed by atoms with Gasteiger partial charge >= 0.3 is 0 Å². The lowest BCUT2D eigenvalue weighted by Gasteiger charge is -2.43. The van der Waals surface area contributed by atoms with E-state index >= 15 is 0 Å². The highest BCUT2D eigenvalue weighted by atomic mass is 16.1. The van der Waals surface area contributed by atoms with Crippen LogP contribution in [0.25, 0.3) is 11.3 Å². The minimum absolute atomic E-state index is 0.0493. The SMILES string of the molecule is Nc1cc(-c2cc3n(c(=O)c2)C[C@H]2C[C@@H]3CN(CCc3cccnc3)C2)ncn1. The van der Waals surface area contributed by atoms with E-state index in [2.05, 4.69) is 32.0 Å². The molecule has 2 N–H and O–H groups in total. The number of hydrogen-bond acceptors (Lipinski definition) is 6. The van der Waals surface area contributed by atoms with Crippen molar-refractivity contribution in [2.45, 2.75) is 25.3 Å². The van der Waals surface area contributed by atoms with Crippen LogP contribution in [-0.2, 0) is 13.0 Å². The van der Waals surface area contributed by atoms with E-state index in [1.807, 2.05) is 23.0 Å². The Bertz CT molecular complexity index is 1080. The predicted octanol–water partition coefficient (Wildman–Crippen LogP) is 1.94. The molecular formula is C22H24N6O. The third kappa shape index (κ3) is 3.65. The minimum Gasteiger partial charge on any atom is -0.384 e. The van der Waals surface area contributed by atoms with Gasteiger partial charge in [0.25, 0.3) is 5.56 Å². The zero-order chi connectivity index (χ0) is 19.8. The molecule has 3 aromatic heterocycles. The Morgan fingerprint density at radius 2 is 2.07 bits per heavy atom. The van der Waals surface area contributed by atoms with Gasteiger partial charge in [-0.3, -0.25) is 9.78 Å². The molecule has 2 aliphatic rings. The summed E-state index contributed by atoms with van der Waals surface area (Å²) < 4.78 is 1.96. The molecule has 0 radical (unpaired) electrons. The highest BCUT2D eigenvalue weighted by molar-refractivity contribution is 5.61. The van der Waals surface area contributed by atoms with Gasteiger partial charge in [-0.2, -0.15) is 0 Å². The van der Waals surface area contributed by atoms with Gasteiger partial charge in [-0.15, -0.1) is 0 Å². The Morgan fingerprint density at radius 3 is 2.90 bits per heavy atom. The van der Waals surface area contributed by atoms with Crippen molar-refractivity contribution in [2.75, 3.05) is 25.4 Å². The number of rotatable bonds is 4. The first kappa shape index (κ1) is 18.0. The number of nitrogens with two attached hydrogens (primary N) is 1. The van der Waals surface area contributed by atoms with Gasteiger partial charge in [-0.25, -0.2) is 9.97 Å². The fraction of sp³-hybridized carbons (Fsp3) is 0.364.